The summed E-state index contributed by atoms with van der Waals surface area (Å²) in [6, 6.07) is 9.27. The summed E-state index contributed by atoms with van der Waals surface area (Å²) in [4.78, 5) is 16.4. The molecule has 0 saturated heterocycles. The minimum Gasteiger partial charge on any atom is -0.462 e. The number of aromatic nitrogens is 1. The van der Waals surface area contributed by atoms with Crippen LogP contribution in [0.25, 0.3) is 10.8 Å². The van der Waals surface area contributed by atoms with Gasteiger partial charge in [0, 0.05) is 11.1 Å². The second kappa shape index (κ2) is 7.22. The maximum atomic E-state index is 12.1. The van der Waals surface area contributed by atoms with Crippen LogP contribution in [0.1, 0.15) is 5.69 Å². The highest BCUT2D eigenvalue weighted by atomic mass is 32.1. The Balaban J connectivity index is 1.57. The van der Waals surface area contributed by atoms with E-state index >= 15 is 0 Å². The predicted molar refractivity (Wildman–Crippen MR) is 85.2 cm³/mol. The first kappa shape index (κ1) is 16.1. The fraction of sp³-hybridized carbons (Fsp3) is 0.125. The van der Waals surface area contributed by atoms with Crippen molar-refractivity contribution in [2.24, 2.45) is 0 Å². The van der Waals surface area contributed by atoms with E-state index < -0.39 is 6.61 Å². The lowest BCUT2D eigenvalue weighted by molar-refractivity contribution is -0.115. The van der Waals surface area contributed by atoms with Crippen LogP contribution in [0, 0.1) is 0 Å². The monoisotopic (exact) mass is 350 g/mol. The van der Waals surface area contributed by atoms with Gasteiger partial charge in [-0.3, -0.25) is 4.79 Å². The normalized spacial score (nSPS) is 10.8. The second-order valence-electron chi connectivity index (χ2n) is 4.75. The van der Waals surface area contributed by atoms with Gasteiger partial charge in [0.2, 0.25) is 5.91 Å². The maximum Gasteiger partial charge on any atom is 0.387 e. The fourth-order valence-corrected chi connectivity index (χ4v) is 2.78. The average molecular weight is 350 g/mol. The first-order valence-corrected chi connectivity index (χ1v) is 7.81. The van der Waals surface area contributed by atoms with E-state index in [1.54, 1.807) is 23.8 Å². The van der Waals surface area contributed by atoms with E-state index in [-0.39, 0.29) is 18.1 Å². The zero-order valence-electron chi connectivity index (χ0n) is 12.2. The Morgan fingerprint density at radius 1 is 1.29 bits per heavy atom. The SMILES string of the molecule is O=C(Cc1csc(-c2ccco2)n1)Nc1ccc(OC(F)F)cc1. The van der Waals surface area contributed by atoms with Crippen molar-refractivity contribution in [2.75, 3.05) is 5.32 Å². The lowest BCUT2D eigenvalue weighted by atomic mass is 10.2. The molecule has 1 amide bonds. The van der Waals surface area contributed by atoms with Crippen molar-refractivity contribution in [1.29, 1.82) is 0 Å². The van der Waals surface area contributed by atoms with Crippen LogP contribution in [0.4, 0.5) is 14.5 Å². The smallest absolute Gasteiger partial charge is 0.387 e. The van der Waals surface area contributed by atoms with Gasteiger partial charge < -0.3 is 14.5 Å². The lowest BCUT2D eigenvalue weighted by Gasteiger charge is -2.07. The number of ether oxygens (including phenoxy) is 1. The average Bonchev–Trinajstić information content (AvgIpc) is 3.19. The van der Waals surface area contributed by atoms with Gasteiger partial charge in [-0.25, -0.2) is 4.98 Å². The predicted octanol–water partition coefficient (Wildman–Crippen LogP) is 4.19. The molecular formula is C16H12F2N2O3S. The molecule has 0 aliphatic heterocycles. The summed E-state index contributed by atoms with van der Waals surface area (Å²) >= 11 is 1.39. The number of anilines is 1. The van der Waals surface area contributed by atoms with Crippen LogP contribution in [0.3, 0.4) is 0 Å². The highest BCUT2D eigenvalue weighted by Gasteiger charge is 2.11. The van der Waals surface area contributed by atoms with Gasteiger partial charge in [-0.2, -0.15) is 8.78 Å². The molecule has 5 nitrogen and oxygen atoms in total. The van der Waals surface area contributed by atoms with Crippen molar-refractivity contribution in [3.63, 3.8) is 0 Å². The van der Waals surface area contributed by atoms with E-state index in [9.17, 15) is 13.6 Å². The number of hydrogen-bond donors (Lipinski definition) is 1. The van der Waals surface area contributed by atoms with Gasteiger partial charge in [-0.05, 0) is 36.4 Å². The van der Waals surface area contributed by atoms with Crippen LogP contribution in [0.5, 0.6) is 5.75 Å². The molecule has 24 heavy (non-hydrogen) atoms. The third-order valence-corrected chi connectivity index (χ3v) is 3.89. The Labute approximate surface area is 139 Å². The van der Waals surface area contributed by atoms with Crippen LogP contribution >= 0.6 is 11.3 Å². The summed E-state index contributed by atoms with van der Waals surface area (Å²) in [5.74, 6) is 0.431. The molecule has 2 aromatic heterocycles. The van der Waals surface area contributed by atoms with E-state index in [1.807, 2.05) is 0 Å². The third kappa shape index (κ3) is 4.17. The highest BCUT2D eigenvalue weighted by molar-refractivity contribution is 7.13. The molecule has 0 radical (unpaired) electrons. The van der Waals surface area contributed by atoms with Crippen LogP contribution in [0.2, 0.25) is 0 Å². The minimum absolute atomic E-state index is 0.0330. The van der Waals surface area contributed by atoms with E-state index in [4.69, 9.17) is 4.42 Å². The molecule has 0 fully saturated rings. The van der Waals surface area contributed by atoms with Crippen molar-refractivity contribution >= 4 is 22.9 Å². The summed E-state index contributed by atoms with van der Waals surface area (Å²) in [6.45, 7) is -2.88. The molecule has 0 aliphatic carbocycles. The van der Waals surface area contributed by atoms with Gasteiger partial charge in [0.1, 0.15) is 5.75 Å². The number of halogens is 2. The lowest BCUT2D eigenvalue weighted by Crippen LogP contribution is -2.14. The van der Waals surface area contributed by atoms with E-state index in [2.05, 4.69) is 15.0 Å². The molecule has 0 atom stereocenters. The van der Waals surface area contributed by atoms with Gasteiger partial charge >= 0.3 is 6.61 Å². The number of nitrogens with one attached hydrogen (secondary N) is 1. The first-order valence-electron chi connectivity index (χ1n) is 6.93. The van der Waals surface area contributed by atoms with E-state index in [0.717, 1.165) is 0 Å². The number of carbonyl (C=O) groups excluding carboxylic acids is 1. The third-order valence-electron chi connectivity index (χ3n) is 2.99. The highest BCUT2D eigenvalue weighted by Crippen LogP contribution is 2.24. The molecule has 2 heterocycles. The zero-order chi connectivity index (χ0) is 16.9. The van der Waals surface area contributed by atoms with Crippen LogP contribution in [-0.4, -0.2) is 17.5 Å². The Morgan fingerprint density at radius 2 is 2.08 bits per heavy atom. The number of alkyl halides is 2. The van der Waals surface area contributed by atoms with Gasteiger partial charge in [0.15, 0.2) is 10.8 Å². The molecule has 8 heteroatoms. The van der Waals surface area contributed by atoms with Gasteiger partial charge in [-0.1, -0.05) is 0 Å². The van der Waals surface area contributed by atoms with Crippen molar-refractivity contribution in [1.82, 2.24) is 4.98 Å². The summed E-state index contributed by atoms with van der Waals surface area (Å²) in [5, 5.41) is 5.17. The summed E-state index contributed by atoms with van der Waals surface area (Å²) in [6.07, 6.45) is 1.66. The molecule has 1 N–H and O–H groups in total. The number of hydrogen-bond acceptors (Lipinski definition) is 5. The summed E-state index contributed by atoms with van der Waals surface area (Å²) < 4.78 is 33.6. The molecule has 0 spiro atoms. The van der Waals surface area contributed by atoms with Gasteiger partial charge in [0.05, 0.1) is 18.4 Å². The molecule has 0 bridgehead atoms. The Bertz CT molecular complexity index is 801. The number of thiazole rings is 1. The Morgan fingerprint density at radius 3 is 2.75 bits per heavy atom. The first-order chi connectivity index (χ1) is 11.6. The summed E-state index contributed by atoms with van der Waals surface area (Å²) in [7, 11) is 0. The van der Waals surface area contributed by atoms with Crippen LogP contribution in [-0.2, 0) is 11.2 Å². The van der Waals surface area contributed by atoms with Crippen molar-refractivity contribution in [3.8, 4) is 16.5 Å². The van der Waals surface area contributed by atoms with E-state index in [0.29, 0.717) is 22.1 Å². The van der Waals surface area contributed by atoms with Crippen molar-refractivity contribution in [3.05, 3.63) is 53.7 Å². The molecule has 1 aromatic carbocycles. The quantitative estimate of drug-likeness (QED) is 0.724. The number of carbonyl (C=O) groups is 1. The molecular weight excluding hydrogens is 338 g/mol. The molecule has 0 unspecified atom stereocenters. The number of furan rings is 1. The standard InChI is InChI=1S/C16H12F2N2O3S/c17-16(18)23-12-5-3-10(4-6-12)19-14(21)8-11-9-24-15(20-11)13-2-1-7-22-13/h1-7,9,16H,8H2,(H,19,21). The van der Waals surface area contributed by atoms with E-state index in [1.165, 1.54) is 35.6 Å². The molecule has 124 valence electrons. The van der Waals surface area contributed by atoms with Gasteiger partial charge in [0.25, 0.3) is 0 Å². The second-order valence-corrected chi connectivity index (χ2v) is 5.61. The van der Waals surface area contributed by atoms with Crippen LogP contribution in [0.15, 0.2) is 52.5 Å². The summed E-state index contributed by atoms with van der Waals surface area (Å²) in [5.41, 5.74) is 1.12. The Kier molecular flexibility index (Phi) is 4.85. The van der Waals surface area contributed by atoms with Crippen LogP contribution < -0.4 is 10.1 Å². The molecule has 3 rings (SSSR count). The Hall–Kier alpha value is -2.74. The van der Waals surface area contributed by atoms with Crippen molar-refractivity contribution < 1.29 is 22.7 Å². The molecule has 0 saturated carbocycles. The minimum atomic E-state index is -2.88. The zero-order valence-corrected chi connectivity index (χ0v) is 13.1. The maximum absolute atomic E-state index is 12.1. The topological polar surface area (TPSA) is 64.4 Å². The van der Waals surface area contributed by atoms with Gasteiger partial charge in [-0.15, -0.1) is 11.3 Å². The number of nitrogens with zero attached hydrogens (tertiary/aromatic N) is 1. The largest absolute Gasteiger partial charge is 0.462 e. The molecule has 3 aromatic rings. The fourth-order valence-electron chi connectivity index (χ4n) is 1.99. The number of benzene rings is 1. The number of rotatable bonds is 6. The number of amides is 1. The van der Waals surface area contributed by atoms with Crippen molar-refractivity contribution in [2.45, 2.75) is 13.0 Å². The molecule has 0 aliphatic rings.